The molecule has 1 aromatic carbocycles. The molecule has 1 unspecified atom stereocenters. The lowest BCUT2D eigenvalue weighted by atomic mass is 10.1. The Balaban J connectivity index is 1.78. The van der Waals surface area contributed by atoms with Crippen molar-refractivity contribution in [1.82, 2.24) is 5.32 Å². The molecule has 0 bridgehead atoms. The van der Waals surface area contributed by atoms with Crippen molar-refractivity contribution in [1.29, 1.82) is 0 Å². The molecule has 1 aliphatic carbocycles. The maximum atomic E-state index is 12.1. The maximum absolute atomic E-state index is 12.1. The van der Waals surface area contributed by atoms with Gasteiger partial charge in [-0.25, -0.2) is 0 Å². The monoisotopic (exact) mass is 260 g/mol. The molecule has 18 heavy (non-hydrogen) atoms. The lowest BCUT2D eigenvalue weighted by Gasteiger charge is -2.15. The molecule has 1 fully saturated rings. The smallest absolute Gasteiger partial charge is 0.251 e. The van der Waals surface area contributed by atoms with Gasteiger partial charge in [-0.15, -0.1) is 11.3 Å². The van der Waals surface area contributed by atoms with Crippen molar-refractivity contribution in [2.75, 3.05) is 6.54 Å². The first-order valence-electron chi connectivity index (χ1n) is 6.26. The van der Waals surface area contributed by atoms with E-state index in [4.69, 9.17) is 5.73 Å². The number of nitrogens with one attached hydrogen (secondary N) is 1. The Hall–Kier alpha value is -1.39. The van der Waals surface area contributed by atoms with Crippen LogP contribution in [-0.2, 0) is 0 Å². The van der Waals surface area contributed by atoms with Gasteiger partial charge in [0.2, 0.25) is 0 Å². The van der Waals surface area contributed by atoms with E-state index >= 15 is 0 Å². The average Bonchev–Trinajstić information content (AvgIpc) is 3.12. The van der Waals surface area contributed by atoms with E-state index in [-0.39, 0.29) is 11.9 Å². The van der Waals surface area contributed by atoms with E-state index in [0.29, 0.717) is 12.5 Å². The average molecular weight is 260 g/mol. The number of hydrogen-bond acceptors (Lipinski definition) is 3. The SMILES string of the molecule is NCC(NC(=O)c1ccc2sccc2c1)C1CC1. The van der Waals surface area contributed by atoms with Gasteiger partial charge >= 0.3 is 0 Å². The molecule has 1 saturated carbocycles. The Labute approximate surface area is 110 Å². The summed E-state index contributed by atoms with van der Waals surface area (Å²) in [7, 11) is 0. The van der Waals surface area contributed by atoms with Crippen LogP contribution in [0, 0.1) is 5.92 Å². The molecule has 0 aliphatic heterocycles. The Morgan fingerprint density at radius 3 is 3.00 bits per heavy atom. The van der Waals surface area contributed by atoms with Crippen molar-refractivity contribution < 1.29 is 4.79 Å². The van der Waals surface area contributed by atoms with Gasteiger partial charge in [0.05, 0.1) is 0 Å². The van der Waals surface area contributed by atoms with Crippen LogP contribution in [-0.4, -0.2) is 18.5 Å². The molecule has 0 spiro atoms. The highest BCUT2D eigenvalue weighted by Gasteiger charge is 2.31. The van der Waals surface area contributed by atoms with Crippen LogP contribution in [0.4, 0.5) is 0 Å². The highest BCUT2D eigenvalue weighted by molar-refractivity contribution is 7.17. The highest BCUT2D eigenvalue weighted by Crippen LogP contribution is 2.32. The van der Waals surface area contributed by atoms with Crippen LogP contribution in [0.25, 0.3) is 10.1 Å². The first kappa shape index (κ1) is 11.7. The van der Waals surface area contributed by atoms with Crippen LogP contribution in [0.1, 0.15) is 23.2 Å². The van der Waals surface area contributed by atoms with Gasteiger partial charge < -0.3 is 11.1 Å². The first-order valence-corrected chi connectivity index (χ1v) is 7.14. The molecule has 2 aromatic rings. The highest BCUT2D eigenvalue weighted by atomic mass is 32.1. The number of carbonyl (C=O) groups excluding carboxylic acids is 1. The lowest BCUT2D eigenvalue weighted by Crippen LogP contribution is -2.41. The minimum absolute atomic E-state index is 0.00884. The molecule has 3 nitrogen and oxygen atoms in total. The maximum Gasteiger partial charge on any atom is 0.251 e. The van der Waals surface area contributed by atoms with Crippen LogP contribution < -0.4 is 11.1 Å². The Kier molecular flexibility index (Phi) is 3.06. The molecular weight excluding hydrogens is 244 g/mol. The molecule has 4 heteroatoms. The molecule has 1 aliphatic rings. The summed E-state index contributed by atoms with van der Waals surface area (Å²) in [5.41, 5.74) is 6.42. The quantitative estimate of drug-likeness (QED) is 0.886. The van der Waals surface area contributed by atoms with E-state index in [0.717, 1.165) is 10.9 Å². The zero-order valence-corrected chi connectivity index (χ0v) is 10.9. The molecule has 1 aromatic heterocycles. The predicted molar refractivity (Wildman–Crippen MR) is 74.9 cm³/mol. The van der Waals surface area contributed by atoms with Gasteiger partial charge in [0.1, 0.15) is 0 Å². The zero-order valence-electron chi connectivity index (χ0n) is 10.1. The third-order valence-corrected chi connectivity index (χ3v) is 4.37. The van der Waals surface area contributed by atoms with Crippen molar-refractivity contribution in [3.63, 3.8) is 0 Å². The van der Waals surface area contributed by atoms with E-state index in [1.807, 2.05) is 29.6 Å². The minimum atomic E-state index is -0.00884. The van der Waals surface area contributed by atoms with E-state index in [2.05, 4.69) is 5.32 Å². The number of carbonyl (C=O) groups is 1. The number of benzene rings is 1. The fraction of sp³-hybridized carbons (Fsp3) is 0.357. The zero-order chi connectivity index (χ0) is 12.5. The van der Waals surface area contributed by atoms with Gasteiger partial charge in [0, 0.05) is 22.8 Å². The fourth-order valence-corrected chi connectivity index (χ4v) is 3.00. The number of fused-ring (bicyclic) bond motifs is 1. The Morgan fingerprint density at radius 2 is 2.28 bits per heavy atom. The summed E-state index contributed by atoms with van der Waals surface area (Å²) in [5, 5.41) is 6.21. The number of hydrogen-bond donors (Lipinski definition) is 2. The van der Waals surface area contributed by atoms with Gasteiger partial charge in [-0.05, 0) is 53.8 Å². The summed E-state index contributed by atoms with van der Waals surface area (Å²) >= 11 is 1.69. The van der Waals surface area contributed by atoms with Crippen molar-refractivity contribution in [3.05, 3.63) is 35.2 Å². The second kappa shape index (κ2) is 4.71. The number of nitrogens with two attached hydrogens (primary N) is 1. The third kappa shape index (κ3) is 2.26. The molecule has 0 radical (unpaired) electrons. The van der Waals surface area contributed by atoms with Gasteiger partial charge in [-0.3, -0.25) is 4.79 Å². The summed E-state index contributed by atoms with van der Waals surface area (Å²) in [5.74, 6) is 0.578. The second-order valence-corrected chi connectivity index (χ2v) is 5.77. The van der Waals surface area contributed by atoms with E-state index in [9.17, 15) is 4.79 Å². The molecule has 0 saturated heterocycles. The van der Waals surface area contributed by atoms with Crippen LogP contribution in [0.15, 0.2) is 29.6 Å². The predicted octanol–water partition coefficient (Wildman–Crippen LogP) is 2.37. The van der Waals surface area contributed by atoms with Crippen LogP contribution in [0.5, 0.6) is 0 Å². The molecule has 1 amide bonds. The van der Waals surface area contributed by atoms with Crippen molar-refractivity contribution >= 4 is 27.3 Å². The Morgan fingerprint density at radius 1 is 1.44 bits per heavy atom. The summed E-state index contributed by atoms with van der Waals surface area (Å²) in [6.07, 6.45) is 2.37. The van der Waals surface area contributed by atoms with Gasteiger partial charge in [-0.1, -0.05) is 0 Å². The topological polar surface area (TPSA) is 55.1 Å². The standard InChI is InChI=1S/C14H16N2OS/c15-8-12(9-1-2-9)16-14(17)11-3-4-13-10(7-11)5-6-18-13/h3-7,9,12H,1-2,8,15H2,(H,16,17). The van der Waals surface area contributed by atoms with Crippen molar-refractivity contribution in [3.8, 4) is 0 Å². The molecule has 94 valence electrons. The summed E-state index contributed by atoms with van der Waals surface area (Å²) in [4.78, 5) is 12.1. The largest absolute Gasteiger partial charge is 0.348 e. The second-order valence-electron chi connectivity index (χ2n) is 4.83. The van der Waals surface area contributed by atoms with E-state index in [1.54, 1.807) is 11.3 Å². The fourth-order valence-electron chi connectivity index (χ4n) is 2.23. The van der Waals surface area contributed by atoms with Gasteiger partial charge in [-0.2, -0.15) is 0 Å². The number of rotatable bonds is 4. The summed E-state index contributed by atoms with van der Waals surface area (Å²) in [6, 6.07) is 8.01. The van der Waals surface area contributed by atoms with Crippen LogP contribution in [0.3, 0.4) is 0 Å². The lowest BCUT2D eigenvalue weighted by molar-refractivity contribution is 0.0933. The number of amides is 1. The van der Waals surface area contributed by atoms with E-state index in [1.165, 1.54) is 17.5 Å². The van der Waals surface area contributed by atoms with Crippen molar-refractivity contribution in [2.24, 2.45) is 11.7 Å². The van der Waals surface area contributed by atoms with Crippen molar-refractivity contribution in [2.45, 2.75) is 18.9 Å². The van der Waals surface area contributed by atoms with Crippen LogP contribution >= 0.6 is 11.3 Å². The van der Waals surface area contributed by atoms with Gasteiger partial charge in [0.25, 0.3) is 5.91 Å². The Bertz CT molecular complexity index is 574. The molecule has 3 rings (SSSR count). The third-order valence-electron chi connectivity index (χ3n) is 3.48. The molecule has 3 N–H and O–H groups in total. The van der Waals surface area contributed by atoms with Gasteiger partial charge in [0.15, 0.2) is 0 Å². The summed E-state index contributed by atoms with van der Waals surface area (Å²) < 4.78 is 1.21. The minimum Gasteiger partial charge on any atom is -0.348 e. The number of thiophene rings is 1. The summed E-state index contributed by atoms with van der Waals surface area (Å²) in [6.45, 7) is 0.525. The molecule has 1 heterocycles. The first-order chi connectivity index (χ1) is 8.78. The normalized spacial score (nSPS) is 16.7. The molecular formula is C14H16N2OS. The molecule has 1 atom stereocenters. The van der Waals surface area contributed by atoms with Crippen LogP contribution in [0.2, 0.25) is 0 Å². The van der Waals surface area contributed by atoms with E-state index < -0.39 is 0 Å².